The molecule has 20 heavy (non-hydrogen) atoms. The van der Waals surface area contributed by atoms with Crippen molar-refractivity contribution in [3.63, 3.8) is 0 Å². The molecule has 0 unspecified atom stereocenters. The minimum Gasteiger partial charge on any atom is -0.489 e. The highest BCUT2D eigenvalue weighted by Crippen LogP contribution is 2.29. The number of fused-ring (bicyclic) bond motifs is 1. The molecule has 5 heteroatoms. The van der Waals surface area contributed by atoms with Crippen LogP contribution in [0.15, 0.2) is 29.7 Å². The average Bonchev–Trinajstić information content (AvgIpc) is 2.49. The van der Waals surface area contributed by atoms with Crippen molar-refractivity contribution in [1.29, 1.82) is 0 Å². The highest BCUT2D eigenvalue weighted by Gasteiger charge is 2.34. The van der Waals surface area contributed by atoms with Crippen molar-refractivity contribution in [2.45, 2.75) is 6.92 Å². The number of ketones is 2. The third-order valence-corrected chi connectivity index (χ3v) is 3.43. The second kappa shape index (κ2) is 5.36. The number of Topliss-reactive ketones (excluding diaryl/α,β-unsaturated/α-hetero) is 2. The molecule has 0 amide bonds. The van der Waals surface area contributed by atoms with Crippen LogP contribution in [0.2, 0.25) is 0 Å². The number of rotatable bonds is 4. The van der Waals surface area contributed by atoms with Crippen LogP contribution in [0.3, 0.4) is 0 Å². The smallest absolute Gasteiger partial charge is 0.232 e. The van der Waals surface area contributed by atoms with Crippen LogP contribution >= 0.6 is 0 Å². The second-order valence-corrected chi connectivity index (χ2v) is 4.47. The molecule has 0 spiro atoms. The summed E-state index contributed by atoms with van der Waals surface area (Å²) in [6.07, 6.45) is 0. The summed E-state index contributed by atoms with van der Waals surface area (Å²) in [5.41, 5.74) is 1.58. The van der Waals surface area contributed by atoms with Crippen LogP contribution in [0.5, 0.6) is 0 Å². The van der Waals surface area contributed by atoms with Gasteiger partial charge in [0.25, 0.3) is 0 Å². The lowest BCUT2D eigenvalue weighted by Crippen LogP contribution is -2.25. The highest BCUT2D eigenvalue weighted by atomic mass is 16.5. The molecule has 1 aliphatic rings. The molecular formula is C15H17NO4. The van der Waals surface area contributed by atoms with Crippen molar-refractivity contribution >= 4 is 17.3 Å². The van der Waals surface area contributed by atoms with Gasteiger partial charge in [0.2, 0.25) is 23.1 Å². The zero-order valence-electron chi connectivity index (χ0n) is 12.0. The molecule has 1 aromatic rings. The molecule has 0 radical (unpaired) electrons. The number of allylic oxidation sites excluding steroid dienone is 2. The van der Waals surface area contributed by atoms with E-state index in [-0.39, 0.29) is 23.1 Å². The van der Waals surface area contributed by atoms with E-state index in [0.29, 0.717) is 11.1 Å². The first-order chi connectivity index (χ1) is 9.54. The first kappa shape index (κ1) is 14.1. The maximum absolute atomic E-state index is 12.4. The Labute approximate surface area is 117 Å². The SMILES string of the molecule is CCN(C)c1ccc2c(c1)C(=O)C(OC)=C(OC)C2=O. The molecule has 2 rings (SSSR count). The summed E-state index contributed by atoms with van der Waals surface area (Å²) in [5, 5.41) is 0. The van der Waals surface area contributed by atoms with Gasteiger partial charge in [-0.15, -0.1) is 0 Å². The zero-order valence-corrected chi connectivity index (χ0v) is 12.0. The summed E-state index contributed by atoms with van der Waals surface area (Å²) in [4.78, 5) is 26.7. The Bertz CT molecular complexity index is 604. The number of carbonyl (C=O) groups excluding carboxylic acids is 2. The van der Waals surface area contributed by atoms with Gasteiger partial charge in [-0.05, 0) is 25.1 Å². The predicted octanol–water partition coefficient (Wildman–Crippen LogP) is 2.03. The van der Waals surface area contributed by atoms with Gasteiger partial charge in [-0.25, -0.2) is 0 Å². The van der Waals surface area contributed by atoms with Gasteiger partial charge in [0.1, 0.15) is 0 Å². The van der Waals surface area contributed by atoms with Crippen LogP contribution in [-0.4, -0.2) is 39.4 Å². The van der Waals surface area contributed by atoms with E-state index in [1.165, 1.54) is 14.2 Å². The summed E-state index contributed by atoms with van der Waals surface area (Å²) >= 11 is 0. The van der Waals surface area contributed by atoms with Crippen molar-refractivity contribution < 1.29 is 19.1 Å². The van der Waals surface area contributed by atoms with Crippen molar-refractivity contribution in [2.75, 3.05) is 32.7 Å². The molecular weight excluding hydrogens is 258 g/mol. The van der Waals surface area contributed by atoms with Gasteiger partial charge in [-0.3, -0.25) is 9.59 Å². The Morgan fingerprint density at radius 1 is 1.00 bits per heavy atom. The highest BCUT2D eigenvalue weighted by molar-refractivity contribution is 6.25. The fourth-order valence-electron chi connectivity index (χ4n) is 2.16. The van der Waals surface area contributed by atoms with E-state index < -0.39 is 0 Å². The van der Waals surface area contributed by atoms with Gasteiger partial charge in [0.15, 0.2) is 0 Å². The minimum atomic E-state index is -0.329. The standard InChI is InChI=1S/C15H17NO4/c1-5-16(2)9-6-7-10-11(8-9)13(18)15(20-4)14(19-3)12(10)17/h6-8H,5H2,1-4H3. The first-order valence-electron chi connectivity index (χ1n) is 6.32. The number of anilines is 1. The van der Waals surface area contributed by atoms with E-state index >= 15 is 0 Å². The second-order valence-electron chi connectivity index (χ2n) is 4.47. The number of nitrogens with zero attached hydrogens (tertiary/aromatic N) is 1. The summed E-state index contributed by atoms with van der Waals surface area (Å²) in [5.74, 6) is -0.738. The molecule has 0 bridgehead atoms. The van der Waals surface area contributed by atoms with E-state index in [9.17, 15) is 9.59 Å². The number of hydrogen-bond donors (Lipinski definition) is 0. The van der Waals surface area contributed by atoms with E-state index in [0.717, 1.165) is 12.2 Å². The molecule has 0 saturated carbocycles. The average molecular weight is 275 g/mol. The topological polar surface area (TPSA) is 55.8 Å². The predicted molar refractivity (Wildman–Crippen MR) is 75.1 cm³/mol. The Kier molecular flexibility index (Phi) is 3.79. The molecule has 5 nitrogen and oxygen atoms in total. The Morgan fingerprint density at radius 2 is 1.55 bits per heavy atom. The summed E-state index contributed by atoms with van der Waals surface area (Å²) in [6.45, 7) is 2.81. The maximum atomic E-state index is 12.4. The van der Waals surface area contributed by atoms with Crippen LogP contribution < -0.4 is 4.90 Å². The largest absolute Gasteiger partial charge is 0.489 e. The Morgan fingerprint density at radius 3 is 2.05 bits per heavy atom. The zero-order chi connectivity index (χ0) is 14.9. The first-order valence-corrected chi connectivity index (χ1v) is 6.32. The van der Waals surface area contributed by atoms with Crippen LogP contribution in [0, 0.1) is 0 Å². The molecule has 0 atom stereocenters. The lowest BCUT2D eigenvalue weighted by atomic mass is 9.91. The number of benzene rings is 1. The molecule has 106 valence electrons. The van der Waals surface area contributed by atoms with Gasteiger partial charge in [-0.1, -0.05) is 0 Å². The van der Waals surface area contributed by atoms with Gasteiger partial charge in [0, 0.05) is 30.4 Å². The van der Waals surface area contributed by atoms with Crippen molar-refractivity contribution in [1.82, 2.24) is 0 Å². The lowest BCUT2D eigenvalue weighted by molar-refractivity contribution is 0.0829. The minimum absolute atomic E-state index is 0.0402. The Balaban J connectivity index is 2.58. The van der Waals surface area contributed by atoms with Gasteiger partial charge in [0.05, 0.1) is 14.2 Å². The van der Waals surface area contributed by atoms with Crippen molar-refractivity contribution in [2.24, 2.45) is 0 Å². The third kappa shape index (κ3) is 2.05. The quantitative estimate of drug-likeness (QED) is 0.841. The molecule has 0 N–H and O–H groups in total. The molecule has 0 saturated heterocycles. The lowest BCUT2D eigenvalue weighted by Gasteiger charge is -2.22. The molecule has 0 heterocycles. The fourth-order valence-corrected chi connectivity index (χ4v) is 2.16. The Hall–Kier alpha value is -2.30. The van der Waals surface area contributed by atoms with E-state index in [2.05, 4.69) is 0 Å². The summed E-state index contributed by atoms with van der Waals surface area (Å²) < 4.78 is 10.0. The molecule has 1 aliphatic carbocycles. The van der Waals surface area contributed by atoms with Gasteiger partial charge >= 0.3 is 0 Å². The van der Waals surface area contributed by atoms with Crippen LogP contribution in [0.1, 0.15) is 27.6 Å². The number of methoxy groups -OCH3 is 2. The molecule has 0 fully saturated rings. The maximum Gasteiger partial charge on any atom is 0.232 e. The van der Waals surface area contributed by atoms with E-state index in [1.54, 1.807) is 12.1 Å². The number of hydrogen-bond acceptors (Lipinski definition) is 5. The van der Waals surface area contributed by atoms with Crippen molar-refractivity contribution in [3.05, 3.63) is 40.8 Å². The number of carbonyl (C=O) groups is 2. The normalized spacial score (nSPS) is 14.2. The van der Waals surface area contributed by atoms with Gasteiger partial charge in [-0.2, -0.15) is 0 Å². The number of ether oxygens (including phenoxy) is 2. The van der Waals surface area contributed by atoms with Crippen molar-refractivity contribution in [3.8, 4) is 0 Å². The molecule has 0 aliphatic heterocycles. The fraction of sp³-hybridized carbons (Fsp3) is 0.333. The van der Waals surface area contributed by atoms with Crippen LogP contribution in [-0.2, 0) is 9.47 Å². The van der Waals surface area contributed by atoms with E-state index in [4.69, 9.17) is 9.47 Å². The van der Waals surface area contributed by atoms with Gasteiger partial charge < -0.3 is 14.4 Å². The van der Waals surface area contributed by atoms with E-state index in [1.807, 2.05) is 24.9 Å². The molecule has 1 aromatic carbocycles. The van der Waals surface area contributed by atoms with Crippen LogP contribution in [0.25, 0.3) is 0 Å². The monoisotopic (exact) mass is 275 g/mol. The third-order valence-electron chi connectivity index (χ3n) is 3.43. The van der Waals surface area contributed by atoms with Crippen LogP contribution in [0.4, 0.5) is 5.69 Å². The summed E-state index contributed by atoms with van der Waals surface area (Å²) in [6, 6.07) is 5.19. The molecule has 0 aromatic heterocycles. The summed E-state index contributed by atoms with van der Waals surface area (Å²) in [7, 11) is 4.63.